The van der Waals surface area contributed by atoms with Gasteiger partial charge in [0.25, 0.3) is 5.91 Å². The Kier molecular flexibility index (Phi) is 6.29. The predicted molar refractivity (Wildman–Crippen MR) is 98.4 cm³/mol. The lowest BCUT2D eigenvalue weighted by molar-refractivity contribution is -0.138. The van der Waals surface area contributed by atoms with Crippen LogP contribution in [0.3, 0.4) is 0 Å². The second-order valence-corrected chi connectivity index (χ2v) is 8.14. The lowest BCUT2D eigenvalue weighted by atomic mass is 10.00. The number of nitrogens with one attached hydrogen (secondary N) is 1. The molecule has 0 heterocycles. The maximum absolute atomic E-state index is 12.3. The molecular weight excluding hydrogens is 587 g/mol. The molecule has 0 atom stereocenters. The van der Waals surface area contributed by atoms with Crippen LogP contribution in [-0.2, 0) is 4.79 Å². The Balaban J connectivity index is 2.99. The molecule has 104 valence electrons. The van der Waals surface area contributed by atoms with Crippen LogP contribution >= 0.6 is 67.8 Å². The SMILES string of the molecule is CC(C)(CC(=O)O)NC(=O)c1cc(I)cc(I)c1I. The summed E-state index contributed by atoms with van der Waals surface area (Å²) < 4.78 is 2.86. The molecule has 7 heteroatoms. The monoisotopic (exact) mass is 599 g/mol. The highest BCUT2D eigenvalue weighted by Crippen LogP contribution is 2.23. The van der Waals surface area contributed by atoms with E-state index in [0.717, 1.165) is 10.7 Å². The Morgan fingerprint density at radius 2 is 1.84 bits per heavy atom. The molecular formula is C12H12I3NO3. The predicted octanol–water partition coefficient (Wildman–Crippen LogP) is 3.48. The van der Waals surface area contributed by atoms with Gasteiger partial charge in [-0.1, -0.05) is 0 Å². The fourth-order valence-corrected chi connectivity index (χ4v) is 3.92. The molecule has 0 aliphatic carbocycles. The molecule has 0 radical (unpaired) electrons. The minimum Gasteiger partial charge on any atom is -0.481 e. The van der Waals surface area contributed by atoms with Crippen molar-refractivity contribution in [2.75, 3.05) is 0 Å². The number of carboxylic acid groups (broad SMARTS) is 1. The number of carbonyl (C=O) groups excluding carboxylic acids is 1. The van der Waals surface area contributed by atoms with Gasteiger partial charge >= 0.3 is 5.97 Å². The zero-order valence-corrected chi connectivity index (χ0v) is 16.7. The van der Waals surface area contributed by atoms with Crippen molar-refractivity contribution in [3.05, 3.63) is 28.4 Å². The van der Waals surface area contributed by atoms with Crippen molar-refractivity contribution in [3.8, 4) is 0 Å². The maximum atomic E-state index is 12.3. The number of hydrogen-bond donors (Lipinski definition) is 2. The van der Waals surface area contributed by atoms with E-state index in [1.165, 1.54) is 0 Å². The molecule has 1 amide bonds. The Bertz CT molecular complexity index is 529. The van der Waals surface area contributed by atoms with E-state index in [9.17, 15) is 9.59 Å². The number of benzene rings is 1. The number of hydrogen-bond acceptors (Lipinski definition) is 2. The number of rotatable bonds is 4. The van der Waals surface area contributed by atoms with Crippen molar-refractivity contribution < 1.29 is 14.7 Å². The van der Waals surface area contributed by atoms with E-state index in [4.69, 9.17) is 5.11 Å². The highest BCUT2D eigenvalue weighted by atomic mass is 127. The van der Waals surface area contributed by atoms with Gasteiger partial charge in [0.05, 0.1) is 12.0 Å². The van der Waals surface area contributed by atoms with Gasteiger partial charge in [0, 0.05) is 16.2 Å². The Hall–Kier alpha value is 0.350. The van der Waals surface area contributed by atoms with Gasteiger partial charge in [0.2, 0.25) is 0 Å². The topological polar surface area (TPSA) is 66.4 Å². The minimum atomic E-state index is -0.933. The van der Waals surface area contributed by atoms with Gasteiger partial charge in [0.1, 0.15) is 0 Å². The number of aliphatic carboxylic acids is 1. The molecule has 0 saturated carbocycles. The fourth-order valence-electron chi connectivity index (χ4n) is 1.52. The second-order valence-electron chi connectivity index (χ2n) is 4.66. The highest BCUT2D eigenvalue weighted by molar-refractivity contribution is 14.1. The Morgan fingerprint density at radius 1 is 1.26 bits per heavy atom. The van der Waals surface area contributed by atoms with E-state index in [2.05, 4.69) is 73.1 Å². The number of halogens is 3. The summed E-state index contributed by atoms with van der Waals surface area (Å²) >= 11 is 6.46. The van der Waals surface area contributed by atoms with Gasteiger partial charge in [-0.3, -0.25) is 9.59 Å². The van der Waals surface area contributed by atoms with Crippen molar-refractivity contribution in [3.63, 3.8) is 0 Å². The summed E-state index contributed by atoms with van der Waals surface area (Å²) in [5, 5.41) is 11.6. The first kappa shape index (κ1) is 17.4. The van der Waals surface area contributed by atoms with Crippen LogP contribution in [0.25, 0.3) is 0 Å². The van der Waals surface area contributed by atoms with Crippen molar-refractivity contribution in [2.45, 2.75) is 25.8 Å². The molecule has 0 spiro atoms. The van der Waals surface area contributed by atoms with Gasteiger partial charge in [-0.25, -0.2) is 0 Å². The first-order valence-electron chi connectivity index (χ1n) is 5.31. The quantitative estimate of drug-likeness (QED) is 0.412. The van der Waals surface area contributed by atoms with Gasteiger partial charge in [-0.15, -0.1) is 0 Å². The summed E-state index contributed by atoms with van der Waals surface area (Å²) in [4.78, 5) is 23.0. The van der Waals surface area contributed by atoms with Crippen LogP contribution in [0, 0.1) is 10.7 Å². The summed E-state index contributed by atoms with van der Waals surface area (Å²) in [6, 6.07) is 3.79. The zero-order chi connectivity index (χ0) is 14.8. The van der Waals surface area contributed by atoms with Crippen molar-refractivity contribution in [1.82, 2.24) is 5.32 Å². The van der Waals surface area contributed by atoms with E-state index in [0.29, 0.717) is 5.56 Å². The van der Waals surface area contributed by atoms with Crippen LogP contribution in [0.5, 0.6) is 0 Å². The third kappa shape index (κ3) is 5.33. The molecule has 0 saturated heterocycles. The average molecular weight is 599 g/mol. The zero-order valence-electron chi connectivity index (χ0n) is 10.3. The minimum absolute atomic E-state index is 0.115. The van der Waals surface area contributed by atoms with Crippen molar-refractivity contribution in [2.24, 2.45) is 0 Å². The van der Waals surface area contributed by atoms with E-state index in [1.807, 2.05) is 6.07 Å². The van der Waals surface area contributed by atoms with Gasteiger partial charge in [-0.2, -0.15) is 0 Å². The number of carboxylic acids is 1. The third-order valence-electron chi connectivity index (χ3n) is 2.28. The summed E-state index contributed by atoms with van der Waals surface area (Å²) in [6.45, 7) is 3.40. The molecule has 4 nitrogen and oxygen atoms in total. The van der Waals surface area contributed by atoms with Gasteiger partial charge < -0.3 is 10.4 Å². The summed E-state index contributed by atoms with van der Waals surface area (Å²) in [6.07, 6.45) is -0.115. The van der Waals surface area contributed by atoms with Crippen LogP contribution < -0.4 is 5.32 Å². The molecule has 1 aromatic carbocycles. The van der Waals surface area contributed by atoms with E-state index < -0.39 is 11.5 Å². The average Bonchev–Trinajstić information content (AvgIpc) is 2.20. The molecule has 1 rings (SSSR count). The molecule has 19 heavy (non-hydrogen) atoms. The molecule has 0 unspecified atom stereocenters. The second kappa shape index (κ2) is 6.87. The van der Waals surface area contributed by atoms with Crippen LogP contribution in [0.2, 0.25) is 0 Å². The van der Waals surface area contributed by atoms with E-state index in [1.54, 1.807) is 19.9 Å². The maximum Gasteiger partial charge on any atom is 0.305 e. The van der Waals surface area contributed by atoms with E-state index in [-0.39, 0.29) is 12.3 Å². The lowest BCUT2D eigenvalue weighted by Crippen LogP contribution is -2.45. The molecule has 2 N–H and O–H groups in total. The first-order valence-corrected chi connectivity index (χ1v) is 8.55. The van der Waals surface area contributed by atoms with Crippen molar-refractivity contribution >= 4 is 79.6 Å². The molecule has 1 aromatic rings. The van der Waals surface area contributed by atoms with Gasteiger partial charge in [-0.05, 0) is 93.8 Å². The molecule has 0 aromatic heterocycles. The third-order valence-corrected chi connectivity index (χ3v) is 5.95. The van der Waals surface area contributed by atoms with Crippen LogP contribution in [0.4, 0.5) is 0 Å². The largest absolute Gasteiger partial charge is 0.481 e. The Morgan fingerprint density at radius 3 is 2.37 bits per heavy atom. The smallest absolute Gasteiger partial charge is 0.305 e. The molecule has 0 bridgehead atoms. The van der Waals surface area contributed by atoms with Crippen LogP contribution in [-0.4, -0.2) is 22.5 Å². The van der Waals surface area contributed by atoms with Crippen LogP contribution in [0.15, 0.2) is 12.1 Å². The standard InChI is InChI=1S/C12H12I3NO3/c1-12(2,5-9(17)18)16-11(19)7-3-6(13)4-8(14)10(7)15/h3-4H,5H2,1-2H3,(H,16,19)(H,17,18). The number of carbonyl (C=O) groups is 2. The normalized spacial score (nSPS) is 11.2. The fraction of sp³-hybridized carbons (Fsp3) is 0.333. The van der Waals surface area contributed by atoms with E-state index >= 15 is 0 Å². The van der Waals surface area contributed by atoms with Crippen LogP contribution in [0.1, 0.15) is 30.6 Å². The van der Waals surface area contributed by atoms with Gasteiger partial charge in [0.15, 0.2) is 0 Å². The molecule has 0 aliphatic heterocycles. The molecule has 0 fully saturated rings. The Labute approximate surface area is 152 Å². The summed E-state index contributed by atoms with van der Waals surface area (Å²) in [5.74, 6) is -1.18. The summed E-state index contributed by atoms with van der Waals surface area (Å²) in [7, 11) is 0. The number of amides is 1. The summed E-state index contributed by atoms with van der Waals surface area (Å²) in [5.41, 5.74) is -0.200. The first-order chi connectivity index (χ1) is 8.62. The molecule has 0 aliphatic rings. The van der Waals surface area contributed by atoms with Crippen molar-refractivity contribution in [1.29, 1.82) is 0 Å². The lowest BCUT2D eigenvalue weighted by Gasteiger charge is -2.24. The highest BCUT2D eigenvalue weighted by Gasteiger charge is 2.25.